The van der Waals surface area contributed by atoms with Crippen molar-refractivity contribution in [3.63, 3.8) is 0 Å². The molecular weight excluding hydrogens is 344 g/mol. The van der Waals surface area contributed by atoms with E-state index in [2.05, 4.69) is 4.98 Å². The molecule has 3 aromatic rings. The van der Waals surface area contributed by atoms with Crippen LogP contribution in [0.5, 0.6) is 0 Å². The van der Waals surface area contributed by atoms with E-state index in [-0.39, 0.29) is 30.8 Å². The van der Waals surface area contributed by atoms with E-state index < -0.39 is 5.97 Å². The first-order valence-electron chi connectivity index (χ1n) is 8.67. The predicted molar refractivity (Wildman–Crippen MR) is 101 cm³/mol. The number of aromatic nitrogens is 2. The van der Waals surface area contributed by atoms with Gasteiger partial charge in [-0.15, -0.1) is 0 Å². The first kappa shape index (κ1) is 18.5. The van der Waals surface area contributed by atoms with Gasteiger partial charge in [0, 0.05) is 24.2 Å². The van der Waals surface area contributed by atoms with Crippen LogP contribution in [0.4, 0.5) is 0 Å². The van der Waals surface area contributed by atoms with Gasteiger partial charge in [-0.3, -0.25) is 18.8 Å². The number of pyridine rings is 1. The van der Waals surface area contributed by atoms with Crippen molar-refractivity contribution in [1.29, 1.82) is 0 Å². The normalized spacial score (nSPS) is 10.7. The molecule has 0 amide bonds. The number of carbonyl (C=O) groups is 2. The maximum absolute atomic E-state index is 12.2. The van der Waals surface area contributed by atoms with Gasteiger partial charge in [0.25, 0.3) is 5.56 Å². The van der Waals surface area contributed by atoms with Crippen LogP contribution in [0, 0.1) is 13.8 Å². The topological polar surface area (TPSA) is 77.7 Å². The molecule has 2 aromatic heterocycles. The largest absolute Gasteiger partial charge is 0.459 e. The number of nitrogens with zero attached hydrogens (tertiary/aromatic N) is 2. The van der Waals surface area contributed by atoms with Crippen molar-refractivity contribution < 1.29 is 14.3 Å². The van der Waals surface area contributed by atoms with E-state index >= 15 is 0 Å². The van der Waals surface area contributed by atoms with Gasteiger partial charge >= 0.3 is 5.97 Å². The molecule has 138 valence electrons. The Hall–Kier alpha value is -3.28. The number of ketones is 1. The van der Waals surface area contributed by atoms with E-state index in [0.29, 0.717) is 16.9 Å². The van der Waals surface area contributed by atoms with Gasteiger partial charge in [-0.2, -0.15) is 0 Å². The number of hydrogen-bond donors (Lipinski definition) is 0. The van der Waals surface area contributed by atoms with E-state index in [4.69, 9.17) is 4.74 Å². The quantitative estimate of drug-likeness (QED) is 0.496. The highest BCUT2D eigenvalue weighted by Gasteiger charge is 2.12. The van der Waals surface area contributed by atoms with Crippen molar-refractivity contribution in [2.75, 3.05) is 0 Å². The zero-order valence-electron chi connectivity index (χ0n) is 15.3. The highest BCUT2D eigenvalue weighted by Crippen LogP contribution is 2.13. The molecule has 0 bridgehead atoms. The summed E-state index contributed by atoms with van der Waals surface area (Å²) in [6.45, 7) is 3.82. The zero-order valence-corrected chi connectivity index (χ0v) is 15.3. The van der Waals surface area contributed by atoms with Crippen molar-refractivity contribution in [2.24, 2.45) is 0 Å². The Kier molecular flexibility index (Phi) is 5.45. The van der Waals surface area contributed by atoms with Gasteiger partial charge in [-0.05, 0) is 43.2 Å². The van der Waals surface area contributed by atoms with Gasteiger partial charge in [-0.25, -0.2) is 4.98 Å². The second-order valence-corrected chi connectivity index (χ2v) is 6.40. The molecule has 0 aliphatic carbocycles. The summed E-state index contributed by atoms with van der Waals surface area (Å²) in [5.74, 6) is -0.598. The average molecular weight is 364 g/mol. The molecular formula is C21H20N2O4. The Morgan fingerprint density at radius 3 is 2.63 bits per heavy atom. The second kappa shape index (κ2) is 7.95. The fraction of sp³-hybridized carbons (Fsp3) is 0.238. The SMILES string of the molecule is Cc1ccc(C(=O)CCC(=O)OCc2cc(=O)n3ccccc3n2)cc1C. The Bertz CT molecular complexity index is 1070. The molecule has 0 saturated carbocycles. The predicted octanol–water partition coefficient (Wildman–Crippen LogP) is 3.02. The molecule has 0 radical (unpaired) electrons. The fourth-order valence-corrected chi connectivity index (χ4v) is 2.68. The van der Waals surface area contributed by atoms with Crippen molar-refractivity contribution in [2.45, 2.75) is 33.3 Å². The van der Waals surface area contributed by atoms with Crippen LogP contribution in [-0.4, -0.2) is 21.1 Å². The lowest BCUT2D eigenvalue weighted by Gasteiger charge is -2.07. The van der Waals surface area contributed by atoms with Crippen LogP contribution >= 0.6 is 0 Å². The molecule has 6 heteroatoms. The summed E-state index contributed by atoms with van der Waals surface area (Å²) in [5, 5.41) is 0. The van der Waals surface area contributed by atoms with Gasteiger partial charge in [0.1, 0.15) is 12.3 Å². The number of aryl methyl sites for hydroxylation is 2. The van der Waals surface area contributed by atoms with Crippen LogP contribution < -0.4 is 5.56 Å². The molecule has 6 nitrogen and oxygen atoms in total. The Morgan fingerprint density at radius 1 is 1.04 bits per heavy atom. The van der Waals surface area contributed by atoms with Crippen LogP contribution in [0.2, 0.25) is 0 Å². The van der Waals surface area contributed by atoms with Crippen molar-refractivity contribution >= 4 is 17.4 Å². The summed E-state index contributed by atoms with van der Waals surface area (Å²) >= 11 is 0. The lowest BCUT2D eigenvalue weighted by atomic mass is 10.0. The first-order chi connectivity index (χ1) is 12.9. The van der Waals surface area contributed by atoms with Crippen LogP contribution in [0.15, 0.2) is 53.5 Å². The minimum Gasteiger partial charge on any atom is -0.459 e. The standard InChI is InChI=1S/C21H20N2O4/c1-14-6-7-16(11-15(14)2)18(24)8-9-21(26)27-13-17-12-20(25)23-10-4-3-5-19(23)22-17/h3-7,10-12H,8-9,13H2,1-2H3. The highest BCUT2D eigenvalue weighted by atomic mass is 16.5. The van der Waals surface area contributed by atoms with Gasteiger partial charge in [0.2, 0.25) is 0 Å². The molecule has 0 aliphatic heterocycles. The summed E-state index contributed by atoms with van der Waals surface area (Å²) < 4.78 is 6.57. The molecule has 0 saturated heterocycles. The molecule has 3 rings (SSSR count). The zero-order chi connectivity index (χ0) is 19.4. The van der Waals surface area contributed by atoms with Crippen molar-refractivity contribution in [3.8, 4) is 0 Å². The third kappa shape index (κ3) is 4.47. The van der Waals surface area contributed by atoms with E-state index in [1.807, 2.05) is 26.0 Å². The summed E-state index contributed by atoms with van der Waals surface area (Å²) in [6.07, 6.45) is 1.69. The summed E-state index contributed by atoms with van der Waals surface area (Å²) in [7, 11) is 0. The maximum Gasteiger partial charge on any atom is 0.306 e. The van der Waals surface area contributed by atoms with Crippen LogP contribution in [-0.2, 0) is 16.1 Å². The molecule has 27 heavy (non-hydrogen) atoms. The van der Waals surface area contributed by atoms with Crippen LogP contribution in [0.25, 0.3) is 5.65 Å². The average Bonchev–Trinajstić information content (AvgIpc) is 2.66. The van der Waals surface area contributed by atoms with Crippen molar-refractivity contribution in [1.82, 2.24) is 9.38 Å². The molecule has 0 atom stereocenters. The highest BCUT2D eigenvalue weighted by molar-refractivity contribution is 5.97. The Balaban J connectivity index is 1.56. The maximum atomic E-state index is 12.2. The molecule has 2 heterocycles. The van der Waals surface area contributed by atoms with Gasteiger partial charge < -0.3 is 4.74 Å². The number of Topliss-reactive ketones (excluding diaryl/α,β-unsaturated/α-hetero) is 1. The van der Waals surface area contributed by atoms with E-state index in [0.717, 1.165) is 11.1 Å². The van der Waals surface area contributed by atoms with Gasteiger partial charge in [0.15, 0.2) is 5.78 Å². The number of carbonyl (C=O) groups excluding carboxylic acids is 2. The van der Waals surface area contributed by atoms with Crippen molar-refractivity contribution in [3.05, 3.63) is 81.4 Å². The molecule has 0 aliphatic rings. The number of hydrogen-bond acceptors (Lipinski definition) is 5. The molecule has 0 spiro atoms. The van der Waals surface area contributed by atoms with E-state index in [1.165, 1.54) is 10.5 Å². The van der Waals surface area contributed by atoms with Crippen LogP contribution in [0.3, 0.4) is 0 Å². The third-order valence-electron chi connectivity index (χ3n) is 4.39. The number of rotatable bonds is 6. The van der Waals surface area contributed by atoms with E-state index in [1.54, 1.807) is 30.5 Å². The third-order valence-corrected chi connectivity index (χ3v) is 4.39. The van der Waals surface area contributed by atoms with E-state index in [9.17, 15) is 14.4 Å². The monoisotopic (exact) mass is 364 g/mol. The number of fused-ring (bicyclic) bond motifs is 1. The van der Waals surface area contributed by atoms with Gasteiger partial charge in [-0.1, -0.05) is 18.2 Å². The Labute approximate surface area is 156 Å². The lowest BCUT2D eigenvalue weighted by molar-refractivity contribution is -0.145. The molecule has 1 aromatic carbocycles. The van der Waals surface area contributed by atoms with Gasteiger partial charge in [0.05, 0.1) is 12.1 Å². The van der Waals surface area contributed by atoms with Crippen LogP contribution in [0.1, 0.15) is 40.0 Å². The summed E-state index contributed by atoms with van der Waals surface area (Å²) in [5.41, 5.74) is 3.37. The smallest absolute Gasteiger partial charge is 0.306 e. The first-order valence-corrected chi connectivity index (χ1v) is 8.67. The summed E-state index contributed by atoms with van der Waals surface area (Å²) in [6, 6.07) is 12.0. The minimum absolute atomic E-state index is 0.0156. The number of ether oxygens (including phenoxy) is 1. The minimum atomic E-state index is -0.498. The number of esters is 1. The lowest BCUT2D eigenvalue weighted by Crippen LogP contribution is -2.16. The fourth-order valence-electron chi connectivity index (χ4n) is 2.68. The second-order valence-electron chi connectivity index (χ2n) is 6.40. The molecule has 0 fully saturated rings. The molecule has 0 N–H and O–H groups in total. The summed E-state index contributed by atoms with van der Waals surface area (Å²) in [4.78, 5) is 40.4. The number of benzene rings is 1. The molecule has 0 unspecified atom stereocenters. The Morgan fingerprint density at radius 2 is 1.85 bits per heavy atom.